The number of aliphatic hydroxyl groups excluding tert-OH is 1. The molecule has 1 heterocycles. The van der Waals surface area contributed by atoms with Gasteiger partial charge in [-0.1, -0.05) is 18.2 Å². The van der Waals surface area contributed by atoms with E-state index in [1.165, 1.54) is 30.7 Å². The molecule has 3 aromatic rings. The Hall–Kier alpha value is -3.31. The lowest BCUT2D eigenvalue weighted by Gasteiger charge is -2.34. The van der Waals surface area contributed by atoms with E-state index in [-0.39, 0.29) is 11.5 Å². The van der Waals surface area contributed by atoms with Crippen molar-refractivity contribution >= 4 is 10.0 Å². The lowest BCUT2D eigenvalue weighted by Crippen LogP contribution is -2.50. The summed E-state index contributed by atoms with van der Waals surface area (Å²) in [5, 5.41) is 10.5. The van der Waals surface area contributed by atoms with Gasteiger partial charge in [0.25, 0.3) is 0 Å². The van der Waals surface area contributed by atoms with Crippen LogP contribution in [0.1, 0.15) is 0 Å². The molecule has 1 aliphatic rings. The molecule has 198 valence electrons. The third kappa shape index (κ3) is 6.92. The standard InChI is InChI=1S/C27H32N2O7S/c1-33-26-13-12-25(18-27(26)34-2)37(31,32)29-16-14-28(15-17-29)19-21(30)20-35-22-8-10-24(11-9-22)36-23-6-4-3-5-7-23/h3-13,18,21,30H,14-17,19-20H2,1-2H3. The first kappa shape index (κ1) is 26.7. The van der Waals surface area contributed by atoms with E-state index in [0.717, 1.165) is 5.75 Å². The van der Waals surface area contributed by atoms with Gasteiger partial charge >= 0.3 is 0 Å². The highest BCUT2D eigenvalue weighted by molar-refractivity contribution is 7.89. The number of nitrogens with zero attached hydrogens (tertiary/aromatic N) is 2. The quantitative estimate of drug-likeness (QED) is 0.405. The van der Waals surface area contributed by atoms with Crippen LogP contribution in [0.3, 0.4) is 0 Å². The van der Waals surface area contributed by atoms with Gasteiger partial charge in [0, 0.05) is 38.8 Å². The lowest BCUT2D eigenvalue weighted by molar-refractivity contribution is 0.0569. The number of sulfonamides is 1. The molecular formula is C27H32N2O7S. The highest BCUT2D eigenvalue weighted by Crippen LogP contribution is 2.31. The number of rotatable bonds is 11. The van der Waals surface area contributed by atoms with Crippen LogP contribution in [-0.2, 0) is 10.0 Å². The summed E-state index contributed by atoms with van der Waals surface area (Å²) in [6.07, 6.45) is -0.714. The van der Waals surface area contributed by atoms with Crippen LogP contribution in [0.15, 0.2) is 77.7 Å². The van der Waals surface area contributed by atoms with Gasteiger partial charge in [0.15, 0.2) is 11.5 Å². The first-order valence-corrected chi connectivity index (χ1v) is 13.4. The number of piperazine rings is 1. The van der Waals surface area contributed by atoms with Crippen molar-refractivity contribution in [1.82, 2.24) is 9.21 Å². The van der Waals surface area contributed by atoms with Gasteiger partial charge in [-0.15, -0.1) is 0 Å². The molecule has 3 aromatic carbocycles. The molecule has 4 rings (SSSR count). The molecule has 0 spiro atoms. The van der Waals surface area contributed by atoms with Crippen molar-refractivity contribution in [3.05, 3.63) is 72.8 Å². The largest absolute Gasteiger partial charge is 0.493 e. The fourth-order valence-electron chi connectivity index (χ4n) is 4.05. The highest BCUT2D eigenvalue weighted by Gasteiger charge is 2.30. The summed E-state index contributed by atoms with van der Waals surface area (Å²) in [6.45, 7) is 2.19. The molecule has 1 fully saturated rings. The monoisotopic (exact) mass is 528 g/mol. The first-order valence-electron chi connectivity index (χ1n) is 12.0. The van der Waals surface area contributed by atoms with E-state index < -0.39 is 16.1 Å². The van der Waals surface area contributed by atoms with Gasteiger partial charge in [-0.05, 0) is 48.5 Å². The molecule has 1 N–H and O–H groups in total. The summed E-state index contributed by atoms with van der Waals surface area (Å²) >= 11 is 0. The number of para-hydroxylation sites is 1. The molecule has 0 saturated carbocycles. The molecule has 0 radical (unpaired) electrons. The summed E-state index contributed by atoms with van der Waals surface area (Å²) in [7, 11) is -0.695. The molecule has 0 aromatic heterocycles. The van der Waals surface area contributed by atoms with Crippen molar-refractivity contribution in [2.75, 3.05) is 53.6 Å². The maximum absolute atomic E-state index is 13.1. The number of hydrogen-bond donors (Lipinski definition) is 1. The highest BCUT2D eigenvalue weighted by atomic mass is 32.2. The number of aliphatic hydroxyl groups is 1. The molecule has 1 unspecified atom stereocenters. The van der Waals surface area contributed by atoms with E-state index in [9.17, 15) is 13.5 Å². The van der Waals surface area contributed by atoms with Crippen LogP contribution in [0.25, 0.3) is 0 Å². The van der Waals surface area contributed by atoms with Gasteiger partial charge in [-0.2, -0.15) is 4.31 Å². The average Bonchev–Trinajstić information content (AvgIpc) is 2.93. The van der Waals surface area contributed by atoms with E-state index in [0.29, 0.717) is 55.7 Å². The molecular weight excluding hydrogens is 496 g/mol. The van der Waals surface area contributed by atoms with E-state index in [2.05, 4.69) is 0 Å². The second-order valence-electron chi connectivity index (χ2n) is 8.57. The molecule has 1 saturated heterocycles. The zero-order valence-corrected chi connectivity index (χ0v) is 21.8. The van der Waals surface area contributed by atoms with E-state index in [4.69, 9.17) is 18.9 Å². The van der Waals surface area contributed by atoms with E-state index in [1.54, 1.807) is 18.2 Å². The number of benzene rings is 3. The zero-order valence-electron chi connectivity index (χ0n) is 20.9. The smallest absolute Gasteiger partial charge is 0.243 e. The number of methoxy groups -OCH3 is 2. The Morgan fingerprint density at radius 2 is 1.43 bits per heavy atom. The average molecular weight is 529 g/mol. The molecule has 1 aliphatic heterocycles. The predicted octanol–water partition coefficient (Wildman–Crippen LogP) is 3.24. The summed E-state index contributed by atoms with van der Waals surface area (Å²) in [5.74, 6) is 2.91. The van der Waals surface area contributed by atoms with Gasteiger partial charge in [-0.25, -0.2) is 8.42 Å². The minimum atomic E-state index is -3.67. The van der Waals surface area contributed by atoms with Crippen molar-refractivity contribution in [3.63, 3.8) is 0 Å². The van der Waals surface area contributed by atoms with Crippen LogP contribution in [0.2, 0.25) is 0 Å². The van der Waals surface area contributed by atoms with E-state index in [1.807, 2.05) is 47.4 Å². The molecule has 0 amide bonds. The Morgan fingerprint density at radius 3 is 2.08 bits per heavy atom. The van der Waals surface area contributed by atoms with Gasteiger partial charge in [0.1, 0.15) is 30.0 Å². The van der Waals surface area contributed by atoms with Crippen molar-refractivity contribution in [2.24, 2.45) is 0 Å². The Morgan fingerprint density at radius 1 is 0.811 bits per heavy atom. The van der Waals surface area contributed by atoms with Crippen LogP contribution >= 0.6 is 0 Å². The van der Waals surface area contributed by atoms with Gasteiger partial charge < -0.3 is 24.1 Å². The number of β-amino-alcohol motifs (C(OH)–C–C–N with tert-alkyl or cyclic N) is 1. The minimum absolute atomic E-state index is 0.128. The lowest BCUT2D eigenvalue weighted by atomic mass is 10.3. The second kappa shape index (κ2) is 12.3. The zero-order chi connectivity index (χ0) is 26.3. The molecule has 0 bridgehead atoms. The van der Waals surface area contributed by atoms with Crippen molar-refractivity contribution in [3.8, 4) is 28.7 Å². The molecule has 1 atom stereocenters. The Balaban J connectivity index is 1.23. The van der Waals surface area contributed by atoms with Gasteiger partial charge in [-0.3, -0.25) is 4.90 Å². The normalized spacial score (nSPS) is 15.6. The van der Waals surface area contributed by atoms with E-state index >= 15 is 0 Å². The second-order valence-corrected chi connectivity index (χ2v) is 10.5. The van der Waals surface area contributed by atoms with Gasteiger partial charge in [0.05, 0.1) is 19.1 Å². The van der Waals surface area contributed by atoms with Gasteiger partial charge in [0.2, 0.25) is 10.0 Å². The number of ether oxygens (including phenoxy) is 4. The SMILES string of the molecule is COc1ccc(S(=O)(=O)N2CCN(CC(O)COc3ccc(Oc4ccccc4)cc3)CC2)cc1OC. The molecule has 10 heteroatoms. The Kier molecular flexibility index (Phi) is 8.88. The molecule has 0 aliphatic carbocycles. The summed E-state index contributed by atoms with van der Waals surface area (Å²) < 4.78 is 49.6. The minimum Gasteiger partial charge on any atom is -0.493 e. The third-order valence-electron chi connectivity index (χ3n) is 6.04. The Bertz CT molecular complexity index is 1250. The van der Waals surface area contributed by atoms with Crippen molar-refractivity contribution < 1.29 is 32.5 Å². The summed E-state index contributed by atoms with van der Waals surface area (Å²) in [6, 6.07) is 21.3. The molecule has 9 nitrogen and oxygen atoms in total. The topological polar surface area (TPSA) is 97.8 Å². The first-order chi connectivity index (χ1) is 17.9. The third-order valence-corrected chi connectivity index (χ3v) is 7.93. The van der Waals surface area contributed by atoms with Crippen LogP contribution in [0.4, 0.5) is 0 Å². The van der Waals surface area contributed by atoms with Crippen LogP contribution in [0.5, 0.6) is 28.7 Å². The fourth-order valence-corrected chi connectivity index (χ4v) is 5.49. The van der Waals surface area contributed by atoms with Crippen LogP contribution in [-0.4, -0.2) is 82.4 Å². The summed E-state index contributed by atoms with van der Waals surface area (Å²) in [5.41, 5.74) is 0. The van der Waals surface area contributed by atoms with Crippen molar-refractivity contribution in [2.45, 2.75) is 11.0 Å². The predicted molar refractivity (Wildman–Crippen MR) is 139 cm³/mol. The van der Waals surface area contributed by atoms with Crippen molar-refractivity contribution in [1.29, 1.82) is 0 Å². The van der Waals surface area contributed by atoms with Crippen LogP contribution in [0, 0.1) is 0 Å². The maximum atomic E-state index is 13.1. The summed E-state index contributed by atoms with van der Waals surface area (Å²) in [4.78, 5) is 2.19. The Labute approximate surface area is 217 Å². The van der Waals surface area contributed by atoms with Crippen LogP contribution < -0.4 is 18.9 Å². The number of hydrogen-bond acceptors (Lipinski definition) is 8. The maximum Gasteiger partial charge on any atom is 0.243 e. The fraction of sp³-hybridized carbons (Fsp3) is 0.333. The molecule has 37 heavy (non-hydrogen) atoms.